The smallest absolute Gasteiger partial charge is 0.234 e. The normalized spacial score (nSPS) is 10.7. The van der Waals surface area contributed by atoms with Gasteiger partial charge in [0.25, 0.3) is 0 Å². The number of halogens is 1. The fraction of sp³-hybridized carbons (Fsp3) is 0.160. The Hall–Kier alpha value is -3.30. The summed E-state index contributed by atoms with van der Waals surface area (Å²) in [5, 5.41) is 12.3. The first-order chi connectivity index (χ1) is 16.6. The van der Waals surface area contributed by atoms with Gasteiger partial charge in [0.2, 0.25) is 5.91 Å². The molecule has 0 fully saturated rings. The summed E-state index contributed by atoms with van der Waals surface area (Å²) in [6.07, 6.45) is 0. The largest absolute Gasteiger partial charge is 0.497 e. The maximum atomic E-state index is 12.6. The van der Waals surface area contributed by atoms with Crippen molar-refractivity contribution in [3.05, 3.63) is 77.3 Å². The van der Waals surface area contributed by atoms with Gasteiger partial charge in [0.1, 0.15) is 11.5 Å². The van der Waals surface area contributed by atoms with E-state index in [0.717, 1.165) is 21.5 Å². The summed E-state index contributed by atoms with van der Waals surface area (Å²) < 4.78 is 13.7. The van der Waals surface area contributed by atoms with Gasteiger partial charge in [0, 0.05) is 27.5 Å². The Kier molecular flexibility index (Phi) is 7.87. The van der Waals surface area contributed by atoms with Crippen molar-refractivity contribution in [1.82, 2.24) is 14.8 Å². The molecule has 0 saturated carbocycles. The molecule has 0 unspecified atom stereocenters. The molecule has 174 valence electrons. The van der Waals surface area contributed by atoms with Crippen LogP contribution in [0.15, 0.2) is 82.4 Å². The van der Waals surface area contributed by atoms with Crippen molar-refractivity contribution < 1.29 is 14.3 Å². The number of ether oxygens (including phenoxy) is 2. The van der Waals surface area contributed by atoms with Crippen LogP contribution in [0, 0.1) is 0 Å². The Labute approximate surface area is 210 Å². The van der Waals surface area contributed by atoms with E-state index < -0.39 is 0 Å². The molecule has 4 rings (SSSR count). The predicted molar refractivity (Wildman–Crippen MR) is 138 cm³/mol. The lowest BCUT2D eigenvalue weighted by Gasteiger charge is -2.12. The van der Waals surface area contributed by atoms with E-state index in [2.05, 4.69) is 31.4 Å². The second-order valence-electron chi connectivity index (χ2n) is 7.14. The van der Waals surface area contributed by atoms with E-state index >= 15 is 0 Å². The highest BCUT2D eigenvalue weighted by Gasteiger charge is 2.18. The van der Waals surface area contributed by atoms with Crippen molar-refractivity contribution in [2.75, 3.05) is 24.8 Å². The van der Waals surface area contributed by atoms with Gasteiger partial charge in [0.05, 0.1) is 19.5 Å². The van der Waals surface area contributed by atoms with Crippen molar-refractivity contribution in [3.63, 3.8) is 0 Å². The number of thioether (sulfide) groups is 1. The summed E-state index contributed by atoms with van der Waals surface area (Å²) in [5.41, 5.74) is 2.47. The van der Waals surface area contributed by atoms with Gasteiger partial charge in [-0.1, -0.05) is 45.9 Å². The molecule has 0 saturated heterocycles. The Morgan fingerprint density at radius 2 is 1.79 bits per heavy atom. The molecular weight excluding hydrogens is 516 g/mol. The van der Waals surface area contributed by atoms with Crippen LogP contribution in [0.1, 0.15) is 6.92 Å². The summed E-state index contributed by atoms with van der Waals surface area (Å²) in [6, 6.07) is 22.8. The highest BCUT2D eigenvalue weighted by Crippen LogP contribution is 2.30. The average Bonchev–Trinajstić information content (AvgIpc) is 3.28. The number of rotatable bonds is 9. The van der Waals surface area contributed by atoms with Gasteiger partial charge < -0.3 is 14.8 Å². The number of hydrogen-bond acceptors (Lipinski definition) is 6. The number of carbonyl (C=O) groups is 1. The molecule has 9 heteroatoms. The second-order valence-corrected chi connectivity index (χ2v) is 9.00. The van der Waals surface area contributed by atoms with Gasteiger partial charge in [-0.2, -0.15) is 0 Å². The van der Waals surface area contributed by atoms with Gasteiger partial charge in [-0.3, -0.25) is 9.36 Å². The van der Waals surface area contributed by atoms with Crippen molar-refractivity contribution in [2.24, 2.45) is 0 Å². The number of hydrogen-bond donors (Lipinski definition) is 1. The zero-order valence-corrected chi connectivity index (χ0v) is 21.1. The number of carbonyl (C=O) groups excluding carboxylic acids is 1. The molecule has 0 atom stereocenters. The molecule has 1 aromatic heterocycles. The molecule has 0 radical (unpaired) electrons. The van der Waals surface area contributed by atoms with Gasteiger partial charge in [-0.05, 0) is 55.5 Å². The molecule has 0 bridgehead atoms. The number of nitrogens with one attached hydrogen (secondary N) is 1. The SMILES string of the molecule is CCOc1ccc(-n2c(SCC(=O)Nc3cccc(OC)c3)nnc2-c2ccc(Br)cc2)cc1. The summed E-state index contributed by atoms with van der Waals surface area (Å²) in [5.74, 6) is 2.18. The topological polar surface area (TPSA) is 78.3 Å². The van der Waals surface area contributed by atoms with Crippen LogP contribution in [-0.4, -0.2) is 40.1 Å². The molecule has 0 spiro atoms. The maximum Gasteiger partial charge on any atom is 0.234 e. The summed E-state index contributed by atoms with van der Waals surface area (Å²) in [7, 11) is 1.59. The van der Waals surface area contributed by atoms with E-state index in [1.807, 2.05) is 78.2 Å². The molecule has 0 aliphatic carbocycles. The van der Waals surface area contributed by atoms with Gasteiger partial charge in [0.15, 0.2) is 11.0 Å². The third-order valence-corrected chi connectivity index (χ3v) is 6.29. The summed E-state index contributed by atoms with van der Waals surface area (Å²) >= 11 is 4.79. The molecule has 0 aliphatic heterocycles. The number of amides is 1. The molecular formula is C25H23BrN4O3S. The molecule has 4 aromatic rings. The van der Waals surface area contributed by atoms with Gasteiger partial charge in [-0.15, -0.1) is 10.2 Å². The van der Waals surface area contributed by atoms with E-state index in [-0.39, 0.29) is 11.7 Å². The van der Waals surface area contributed by atoms with Gasteiger partial charge in [-0.25, -0.2) is 0 Å². The van der Waals surface area contributed by atoms with Crippen LogP contribution >= 0.6 is 27.7 Å². The lowest BCUT2D eigenvalue weighted by Crippen LogP contribution is -2.14. The zero-order chi connectivity index (χ0) is 23.9. The maximum absolute atomic E-state index is 12.6. The summed E-state index contributed by atoms with van der Waals surface area (Å²) in [4.78, 5) is 12.6. The Morgan fingerprint density at radius 1 is 1.03 bits per heavy atom. The lowest BCUT2D eigenvalue weighted by atomic mass is 10.2. The zero-order valence-electron chi connectivity index (χ0n) is 18.7. The fourth-order valence-electron chi connectivity index (χ4n) is 3.27. The minimum Gasteiger partial charge on any atom is -0.497 e. The van der Waals surface area contributed by atoms with Crippen molar-refractivity contribution in [2.45, 2.75) is 12.1 Å². The molecule has 34 heavy (non-hydrogen) atoms. The van der Waals surface area contributed by atoms with Crippen molar-refractivity contribution in [3.8, 4) is 28.6 Å². The highest BCUT2D eigenvalue weighted by molar-refractivity contribution is 9.10. The van der Waals surface area contributed by atoms with Crippen molar-refractivity contribution in [1.29, 1.82) is 0 Å². The second kappa shape index (κ2) is 11.2. The molecule has 0 aliphatic rings. The number of benzene rings is 3. The number of anilines is 1. The van der Waals surface area contributed by atoms with Crippen LogP contribution in [0.3, 0.4) is 0 Å². The molecule has 1 N–H and O–H groups in total. The van der Waals surface area contributed by atoms with Crippen LogP contribution in [-0.2, 0) is 4.79 Å². The van der Waals surface area contributed by atoms with E-state index in [0.29, 0.717) is 29.0 Å². The first kappa shape index (κ1) is 23.8. The van der Waals surface area contributed by atoms with E-state index in [1.54, 1.807) is 13.2 Å². The van der Waals surface area contributed by atoms with Crippen LogP contribution in [0.25, 0.3) is 17.1 Å². The molecule has 3 aromatic carbocycles. The number of nitrogens with zero attached hydrogens (tertiary/aromatic N) is 3. The Bertz CT molecular complexity index is 1260. The first-order valence-electron chi connectivity index (χ1n) is 10.6. The summed E-state index contributed by atoms with van der Waals surface area (Å²) in [6.45, 7) is 2.55. The van der Waals surface area contributed by atoms with E-state index in [4.69, 9.17) is 9.47 Å². The third-order valence-electron chi connectivity index (χ3n) is 4.83. The molecule has 7 nitrogen and oxygen atoms in total. The minimum atomic E-state index is -0.148. The standard InChI is InChI=1S/C25H23BrN4O3S/c1-3-33-21-13-11-20(12-14-21)30-24(17-7-9-18(26)10-8-17)28-29-25(30)34-16-23(31)27-19-5-4-6-22(15-19)32-2/h4-15H,3,16H2,1-2H3,(H,27,31). The number of aromatic nitrogens is 3. The van der Waals surface area contributed by atoms with Crippen LogP contribution in [0.2, 0.25) is 0 Å². The monoisotopic (exact) mass is 538 g/mol. The first-order valence-corrected chi connectivity index (χ1v) is 12.4. The van der Waals surface area contributed by atoms with Gasteiger partial charge >= 0.3 is 0 Å². The quantitative estimate of drug-likeness (QED) is 0.270. The Morgan fingerprint density at radius 3 is 2.50 bits per heavy atom. The highest BCUT2D eigenvalue weighted by atomic mass is 79.9. The predicted octanol–water partition coefficient (Wildman–Crippen LogP) is 5.83. The van der Waals surface area contributed by atoms with E-state index in [1.165, 1.54) is 11.8 Å². The minimum absolute atomic E-state index is 0.148. The average molecular weight is 539 g/mol. The number of methoxy groups -OCH3 is 1. The van der Waals surface area contributed by atoms with Crippen LogP contribution in [0.4, 0.5) is 5.69 Å². The molecule has 1 amide bonds. The third kappa shape index (κ3) is 5.78. The van der Waals surface area contributed by atoms with Crippen molar-refractivity contribution >= 4 is 39.3 Å². The fourth-order valence-corrected chi connectivity index (χ4v) is 4.28. The Balaban J connectivity index is 1.58. The van der Waals surface area contributed by atoms with Crippen LogP contribution in [0.5, 0.6) is 11.5 Å². The molecule has 1 heterocycles. The van der Waals surface area contributed by atoms with E-state index in [9.17, 15) is 4.79 Å². The lowest BCUT2D eigenvalue weighted by molar-refractivity contribution is -0.113. The van der Waals surface area contributed by atoms with Crippen LogP contribution < -0.4 is 14.8 Å².